The zero-order valence-electron chi connectivity index (χ0n) is 16.9. The summed E-state index contributed by atoms with van der Waals surface area (Å²) in [5, 5.41) is 5.49. The molecule has 0 radical (unpaired) electrons. The lowest BCUT2D eigenvalue weighted by molar-refractivity contribution is -0.131. The van der Waals surface area contributed by atoms with Crippen LogP contribution in [0.4, 0.5) is 0 Å². The van der Waals surface area contributed by atoms with Gasteiger partial charge in [-0.15, -0.1) is 11.8 Å². The molecule has 0 spiro atoms. The van der Waals surface area contributed by atoms with Crippen LogP contribution in [-0.4, -0.2) is 58.7 Å². The minimum atomic E-state index is -0.691. The first kappa shape index (κ1) is 20.2. The Kier molecular flexibility index (Phi) is 5.33. The van der Waals surface area contributed by atoms with E-state index in [1.807, 2.05) is 32.0 Å². The number of nitrogens with zero attached hydrogens (tertiary/aromatic N) is 1. The number of carbonyl (C=O) groups excluding carboxylic acids is 3. The molecule has 3 amide bonds. The highest BCUT2D eigenvalue weighted by atomic mass is 32.2. The van der Waals surface area contributed by atoms with Gasteiger partial charge in [0.15, 0.2) is 0 Å². The van der Waals surface area contributed by atoms with Crippen LogP contribution in [0.5, 0.6) is 0 Å². The van der Waals surface area contributed by atoms with E-state index in [9.17, 15) is 14.4 Å². The molecule has 4 rings (SSSR count). The highest BCUT2D eigenvalue weighted by molar-refractivity contribution is 8.01. The Bertz CT molecular complexity index is 837. The van der Waals surface area contributed by atoms with Crippen LogP contribution in [0.1, 0.15) is 54.9 Å². The van der Waals surface area contributed by atoms with E-state index in [-0.39, 0.29) is 29.2 Å². The van der Waals surface area contributed by atoms with Crippen LogP contribution >= 0.6 is 11.8 Å². The van der Waals surface area contributed by atoms with E-state index >= 15 is 0 Å². The van der Waals surface area contributed by atoms with Crippen LogP contribution in [0.2, 0.25) is 0 Å². The summed E-state index contributed by atoms with van der Waals surface area (Å²) in [4.78, 5) is 40.2. The van der Waals surface area contributed by atoms with E-state index in [1.54, 1.807) is 29.7 Å². The van der Waals surface area contributed by atoms with Gasteiger partial charge in [-0.1, -0.05) is 18.2 Å². The van der Waals surface area contributed by atoms with Gasteiger partial charge in [-0.05, 0) is 45.2 Å². The summed E-state index contributed by atoms with van der Waals surface area (Å²) in [6.07, 6.45) is 2.00. The van der Waals surface area contributed by atoms with Crippen LogP contribution in [0.3, 0.4) is 0 Å². The van der Waals surface area contributed by atoms with Crippen molar-refractivity contribution in [2.24, 2.45) is 0 Å². The number of thioether (sulfide) groups is 1. The van der Waals surface area contributed by atoms with Crippen molar-refractivity contribution in [1.29, 1.82) is 0 Å². The number of nitrogens with one attached hydrogen (secondary N) is 2. The van der Waals surface area contributed by atoms with E-state index in [2.05, 4.69) is 10.6 Å². The molecule has 3 aliphatic heterocycles. The van der Waals surface area contributed by atoms with Crippen molar-refractivity contribution in [3.8, 4) is 0 Å². The highest BCUT2D eigenvalue weighted by Crippen LogP contribution is 2.56. The quantitative estimate of drug-likeness (QED) is 0.763. The molecule has 2 fully saturated rings. The van der Waals surface area contributed by atoms with Crippen LogP contribution < -0.4 is 10.6 Å². The maximum absolute atomic E-state index is 13.2. The van der Waals surface area contributed by atoms with E-state index in [0.29, 0.717) is 12.1 Å². The Labute approximate surface area is 174 Å². The fourth-order valence-electron chi connectivity index (χ4n) is 4.34. The average molecular weight is 418 g/mol. The summed E-state index contributed by atoms with van der Waals surface area (Å²) in [5.74, 6) is -0.671. The number of amides is 3. The second-order valence-corrected chi connectivity index (χ2v) is 10.1. The Morgan fingerprint density at radius 2 is 2.10 bits per heavy atom. The molecule has 8 heteroatoms. The molecule has 0 aliphatic carbocycles. The Balaban J connectivity index is 1.43. The summed E-state index contributed by atoms with van der Waals surface area (Å²) in [5.41, 5.74) is 1.61. The van der Waals surface area contributed by atoms with Crippen molar-refractivity contribution in [1.82, 2.24) is 15.5 Å². The van der Waals surface area contributed by atoms with Gasteiger partial charge >= 0.3 is 0 Å². The molecule has 1 aromatic carbocycles. The van der Waals surface area contributed by atoms with Gasteiger partial charge in [-0.25, -0.2) is 0 Å². The van der Waals surface area contributed by atoms with Gasteiger partial charge < -0.3 is 20.3 Å². The standard InChI is InChI=1S/C21H27N3O4S/c1-12(17(25)22-11-13-7-6-10-28-13)23-18(26)16-21(2,3)29-20-15-9-5-4-8-14(15)19(27)24(16)20/h4-5,8-9,12-13,16,20H,6-7,10-11H2,1-3H3,(H,22,25)(H,23,26)/t12-,13-,16+,20+/m0/s1. The first-order chi connectivity index (χ1) is 13.8. The lowest BCUT2D eigenvalue weighted by Gasteiger charge is -2.30. The molecule has 3 heterocycles. The summed E-state index contributed by atoms with van der Waals surface area (Å²) >= 11 is 1.61. The third kappa shape index (κ3) is 3.64. The van der Waals surface area contributed by atoms with Crippen molar-refractivity contribution in [3.63, 3.8) is 0 Å². The Hall–Kier alpha value is -2.06. The molecule has 0 aromatic heterocycles. The minimum Gasteiger partial charge on any atom is -0.376 e. The molecule has 0 unspecified atom stereocenters. The average Bonchev–Trinajstić information content (AvgIpc) is 3.36. The molecule has 156 valence electrons. The van der Waals surface area contributed by atoms with Crippen LogP contribution in [-0.2, 0) is 14.3 Å². The highest BCUT2D eigenvalue weighted by Gasteiger charge is 2.57. The zero-order valence-corrected chi connectivity index (χ0v) is 17.8. The van der Waals surface area contributed by atoms with Gasteiger partial charge in [0.1, 0.15) is 17.5 Å². The molecule has 0 bridgehead atoms. The first-order valence-electron chi connectivity index (χ1n) is 10.1. The molecule has 3 aliphatic rings. The number of hydrogen-bond donors (Lipinski definition) is 2. The predicted molar refractivity (Wildman–Crippen MR) is 110 cm³/mol. The first-order valence-corrected chi connectivity index (χ1v) is 11.0. The number of ether oxygens (including phenoxy) is 1. The van der Waals surface area contributed by atoms with Crippen molar-refractivity contribution >= 4 is 29.5 Å². The van der Waals surface area contributed by atoms with Gasteiger partial charge in [-0.2, -0.15) is 0 Å². The molecule has 0 saturated carbocycles. The predicted octanol–water partition coefficient (Wildman–Crippen LogP) is 1.83. The molecular formula is C21H27N3O4S. The largest absolute Gasteiger partial charge is 0.376 e. The van der Waals surface area contributed by atoms with Crippen LogP contribution in [0.15, 0.2) is 24.3 Å². The van der Waals surface area contributed by atoms with Gasteiger partial charge in [0.25, 0.3) is 5.91 Å². The van der Waals surface area contributed by atoms with Crippen molar-refractivity contribution in [3.05, 3.63) is 35.4 Å². The molecule has 29 heavy (non-hydrogen) atoms. The number of benzene rings is 1. The number of rotatable bonds is 5. The van der Waals surface area contributed by atoms with E-state index in [4.69, 9.17) is 4.74 Å². The molecule has 1 aromatic rings. The summed E-state index contributed by atoms with van der Waals surface area (Å²) < 4.78 is 5.05. The normalized spacial score (nSPS) is 28.0. The second kappa shape index (κ2) is 7.65. The topological polar surface area (TPSA) is 87.7 Å². The maximum Gasteiger partial charge on any atom is 0.256 e. The Morgan fingerprint density at radius 3 is 2.83 bits per heavy atom. The fraction of sp³-hybridized carbons (Fsp3) is 0.571. The van der Waals surface area contributed by atoms with Crippen molar-refractivity contribution in [2.75, 3.05) is 13.2 Å². The smallest absolute Gasteiger partial charge is 0.256 e. The molecule has 7 nitrogen and oxygen atoms in total. The summed E-state index contributed by atoms with van der Waals surface area (Å²) in [6.45, 7) is 6.78. The molecular weight excluding hydrogens is 390 g/mol. The lowest BCUT2D eigenvalue weighted by Crippen LogP contribution is -2.56. The molecule has 2 saturated heterocycles. The Morgan fingerprint density at radius 1 is 1.34 bits per heavy atom. The molecule has 4 atom stereocenters. The maximum atomic E-state index is 13.2. The zero-order chi connectivity index (χ0) is 20.8. The third-order valence-corrected chi connectivity index (χ3v) is 7.36. The van der Waals surface area contributed by atoms with E-state index in [1.165, 1.54) is 0 Å². The van der Waals surface area contributed by atoms with Crippen molar-refractivity contribution in [2.45, 2.75) is 61.9 Å². The number of fused-ring (bicyclic) bond motifs is 3. The number of carbonyl (C=O) groups is 3. The van der Waals surface area contributed by atoms with Crippen molar-refractivity contribution < 1.29 is 19.1 Å². The van der Waals surface area contributed by atoms with Gasteiger partial charge in [0, 0.05) is 23.5 Å². The minimum absolute atomic E-state index is 0.0495. The fourth-order valence-corrected chi connectivity index (χ4v) is 5.92. The van der Waals surface area contributed by atoms with Crippen LogP contribution in [0, 0.1) is 0 Å². The van der Waals surface area contributed by atoms with E-state index < -0.39 is 16.8 Å². The van der Waals surface area contributed by atoms with Gasteiger partial charge in [0.2, 0.25) is 11.8 Å². The number of hydrogen-bond acceptors (Lipinski definition) is 5. The third-order valence-electron chi connectivity index (χ3n) is 5.82. The lowest BCUT2D eigenvalue weighted by atomic mass is 10.0. The summed E-state index contributed by atoms with van der Waals surface area (Å²) in [6, 6.07) is 6.17. The van der Waals surface area contributed by atoms with Crippen LogP contribution in [0.25, 0.3) is 0 Å². The van der Waals surface area contributed by atoms with E-state index in [0.717, 1.165) is 25.0 Å². The molecule has 2 N–H and O–H groups in total. The monoisotopic (exact) mass is 417 g/mol. The SMILES string of the molecule is C[C@H](NC(=O)[C@H]1N2C(=O)c3ccccc3[C@H]2SC1(C)C)C(=O)NC[C@@H]1CCCO1. The van der Waals surface area contributed by atoms with Gasteiger partial charge in [-0.3, -0.25) is 14.4 Å². The summed E-state index contributed by atoms with van der Waals surface area (Å²) in [7, 11) is 0. The second-order valence-electron chi connectivity index (χ2n) is 8.39. The van der Waals surface area contributed by atoms with Gasteiger partial charge in [0.05, 0.1) is 6.10 Å².